The molecule has 0 atom stereocenters. The summed E-state index contributed by atoms with van der Waals surface area (Å²) in [5, 5.41) is 12.9. The summed E-state index contributed by atoms with van der Waals surface area (Å²) < 4.78 is 27.4. The van der Waals surface area contributed by atoms with Crippen molar-refractivity contribution >= 4 is 38.9 Å². The van der Waals surface area contributed by atoms with Crippen molar-refractivity contribution in [2.24, 2.45) is 0 Å². The van der Waals surface area contributed by atoms with Gasteiger partial charge in [0, 0.05) is 16.8 Å². The minimum atomic E-state index is -3.32. The Bertz CT molecular complexity index is 1290. The molecule has 33 heavy (non-hydrogen) atoms. The molecule has 2 aromatic heterocycles. The number of carbonyl (C=O) groups is 1. The van der Waals surface area contributed by atoms with Gasteiger partial charge in [-0.1, -0.05) is 11.6 Å². The molecule has 2 fully saturated rings. The summed E-state index contributed by atoms with van der Waals surface area (Å²) in [6.45, 7) is 0. The van der Waals surface area contributed by atoms with Gasteiger partial charge >= 0.3 is 0 Å². The predicted molar refractivity (Wildman–Crippen MR) is 124 cm³/mol. The van der Waals surface area contributed by atoms with Gasteiger partial charge in [0.2, 0.25) is 5.01 Å². The van der Waals surface area contributed by atoms with Crippen molar-refractivity contribution in [3.05, 3.63) is 52.0 Å². The number of hydrogen-bond acceptors (Lipinski definition) is 8. The van der Waals surface area contributed by atoms with E-state index >= 15 is 0 Å². The van der Waals surface area contributed by atoms with Crippen molar-refractivity contribution < 1.29 is 13.2 Å². The Morgan fingerprint density at radius 2 is 1.94 bits per heavy atom. The highest BCUT2D eigenvalue weighted by atomic mass is 35.5. The first-order valence-corrected chi connectivity index (χ1v) is 13.8. The normalized spacial score (nSPS) is 18.5. The van der Waals surface area contributed by atoms with Gasteiger partial charge in [-0.05, 0) is 80.7 Å². The third-order valence-corrected chi connectivity index (χ3v) is 9.56. The Morgan fingerprint density at radius 3 is 2.55 bits per heavy atom. The topological polar surface area (TPSA) is 120 Å². The van der Waals surface area contributed by atoms with E-state index < -0.39 is 14.6 Å². The van der Waals surface area contributed by atoms with E-state index in [-0.39, 0.29) is 22.3 Å². The number of benzene rings is 1. The van der Waals surface area contributed by atoms with Crippen LogP contribution in [0.4, 0.5) is 0 Å². The Balaban J connectivity index is 1.23. The molecule has 0 aliphatic heterocycles. The summed E-state index contributed by atoms with van der Waals surface area (Å²) in [6.07, 6.45) is 8.15. The minimum Gasteiger partial charge on any atom is -0.344 e. The van der Waals surface area contributed by atoms with E-state index in [1.54, 1.807) is 23.1 Å². The summed E-state index contributed by atoms with van der Waals surface area (Å²) in [5.74, 6) is -0.0470. The van der Waals surface area contributed by atoms with Crippen molar-refractivity contribution in [2.45, 2.75) is 55.2 Å². The SMILES string of the molecule is CS(=O)(=O)C1(c2nsc(C(=O)NC3(CCc4cnn(-c5ccc(Cl)cc5)n4)CCC3)n2)CC1. The average molecular weight is 507 g/mol. The highest BCUT2D eigenvalue weighted by molar-refractivity contribution is 7.91. The van der Waals surface area contributed by atoms with E-state index in [1.807, 2.05) is 12.1 Å². The zero-order valence-electron chi connectivity index (χ0n) is 18.0. The number of amides is 1. The van der Waals surface area contributed by atoms with Gasteiger partial charge < -0.3 is 5.32 Å². The number of nitrogens with zero attached hydrogens (tertiary/aromatic N) is 5. The molecule has 5 rings (SSSR count). The number of sulfone groups is 1. The smallest absolute Gasteiger partial charge is 0.282 e. The van der Waals surface area contributed by atoms with Crippen LogP contribution in [0, 0.1) is 0 Å². The number of nitrogens with one attached hydrogen (secondary N) is 1. The van der Waals surface area contributed by atoms with Crippen LogP contribution >= 0.6 is 23.1 Å². The van der Waals surface area contributed by atoms with Crippen molar-refractivity contribution in [1.29, 1.82) is 0 Å². The molecule has 0 unspecified atom stereocenters. The van der Waals surface area contributed by atoms with E-state index in [1.165, 1.54) is 6.26 Å². The van der Waals surface area contributed by atoms with E-state index in [0.717, 1.165) is 48.6 Å². The summed E-state index contributed by atoms with van der Waals surface area (Å²) in [7, 11) is -3.32. The van der Waals surface area contributed by atoms with Crippen LogP contribution in [0.25, 0.3) is 5.69 Å². The number of aromatic nitrogens is 5. The summed E-state index contributed by atoms with van der Waals surface area (Å²) >= 11 is 6.90. The van der Waals surface area contributed by atoms with Crippen LogP contribution in [-0.2, 0) is 21.0 Å². The molecule has 0 bridgehead atoms. The maximum Gasteiger partial charge on any atom is 0.282 e. The molecule has 2 aliphatic carbocycles. The van der Waals surface area contributed by atoms with Crippen molar-refractivity contribution in [3.8, 4) is 5.69 Å². The number of hydrogen-bond donors (Lipinski definition) is 1. The fourth-order valence-electron chi connectivity index (χ4n) is 4.19. The van der Waals surface area contributed by atoms with Crippen LogP contribution < -0.4 is 5.32 Å². The summed E-state index contributed by atoms with van der Waals surface area (Å²) in [6, 6.07) is 7.29. The van der Waals surface area contributed by atoms with Gasteiger partial charge in [-0.25, -0.2) is 13.4 Å². The van der Waals surface area contributed by atoms with Crippen LogP contribution in [0.1, 0.15) is 59.8 Å². The second kappa shape index (κ2) is 8.14. The Labute approximate surface area is 200 Å². The van der Waals surface area contributed by atoms with Gasteiger partial charge in [0.05, 0.1) is 17.6 Å². The largest absolute Gasteiger partial charge is 0.344 e. The van der Waals surface area contributed by atoms with Gasteiger partial charge in [0.1, 0.15) is 4.75 Å². The first kappa shape index (κ1) is 22.4. The van der Waals surface area contributed by atoms with Crippen LogP contribution in [-0.4, -0.2) is 50.5 Å². The molecule has 174 valence electrons. The molecule has 1 N–H and O–H groups in total. The van der Waals surface area contributed by atoms with Crippen molar-refractivity contribution in [2.75, 3.05) is 6.26 Å². The fraction of sp³-hybridized carbons (Fsp3) is 0.476. The molecule has 12 heteroatoms. The lowest BCUT2D eigenvalue weighted by atomic mass is 9.73. The highest BCUT2D eigenvalue weighted by Gasteiger charge is 2.57. The quantitative estimate of drug-likeness (QED) is 0.498. The van der Waals surface area contributed by atoms with Crippen molar-refractivity contribution in [1.82, 2.24) is 29.7 Å². The van der Waals surface area contributed by atoms with E-state index in [2.05, 4.69) is 24.9 Å². The molecule has 0 spiro atoms. The third-order valence-electron chi connectivity index (χ3n) is 6.59. The van der Waals surface area contributed by atoms with Gasteiger partial charge in [0.25, 0.3) is 5.91 Å². The van der Waals surface area contributed by atoms with Gasteiger partial charge in [-0.3, -0.25) is 4.79 Å². The molecule has 2 saturated carbocycles. The maximum atomic E-state index is 12.9. The molecule has 0 saturated heterocycles. The van der Waals surface area contributed by atoms with Crippen LogP contribution in [0.3, 0.4) is 0 Å². The maximum absolute atomic E-state index is 12.9. The van der Waals surface area contributed by atoms with Gasteiger partial charge in [-0.2, -0.15) is 19.4 Å². The third kappa shape index (κ3) is 4.29. The monoisotopic (exact) mass is 506 g/mol. The number of aryl methyl sites for hydroxylation is 1. The second-order valence-corrected chi connectivity index (χ2v) is 12.4. The minimum absolute atomic E-state index is 0.208. The molecule has 1 aromatic carbocycles. The van der Waals surface area contributed by atoms with Gasteiger partial charge in [0.15, 0.2) is 15.7 Å². The first-order valence-electron chi connectivity index (χ1n) is 10.7. The molecule has 3 aromatic rings. The van der Waals surface area contributed by atoms with E-state index in [0.29, 0.717) is 24.3 Å². The molecular formula is C21H23ClN6O3S2. The molecule has 9 nitrogen and oxygen atoms in total. The lowest BCUT2D eigenvalue weighted by Crippen LogP contribution is -2.53. The number of halogens is 1. The van der Waals surface area contributed by atoms with E-state index in [4.69, 9.17) is 11.6 Å². The second-order valence-electron chi connectivity index (χ2n) is 8.88. The van der Waals surface area contributed by atoms with Crippen LogP contribution in [0.15, 0.2) is 30.5 Å². The molecule has 1 amide bonds. The van der Waals surface area contributed by atoms with Crippen LogP contribution in [0.5, 0.6) is 0 Å². The Hall–Kier alpha value is -2.37. The van der Waals surface area contributed by atoms with Crippen LogP contribution in [0.2, 0.25) is 5.02 Å². The fourth-order valence-corrected chi connectivity index (χ4v) is 6.29. The Morgan fingerprint density at radius 1 is 1.21 bits per heavy atom. The predicted octanol–water partition coefficient (Wildman–Crippen LogP) is 3.09. The summed E-state index contributed by atoms with van der Waals surface area (Å²) in [5.41, 5.74) is 1.35. The number of rotatable bonds is 8. The average Bonchev–Trinajstić information content (AvgIpc) is 3.20. The zero-order chi connectivity index (χ0) is 23.3. The molecule has 0 radical (unpaired) electrons. The molecule has 2 aliphatic rings. The lowest BCUT2D eigenvalue weighted by Gasteiger charge is -2.42. The van der Waals surface area contributed by atoms with Crippen molar-refractivity contribution in [3.63, 3.8) is 0 Å². The number of carbonyl (C=O) groups excluding carboxylic acids is 1. The highest BCUT2D eigenvalue weighted by Crippen LogP contribution is 2.51. The summed E-state index contributed by atoms with van der Waals surface area (Å²) in [4.78, 5) is 18.8. The van der Waals surface area contributed by atoms with E-state index in [9.17, 15) is 13.2 Å². The molecular weight excluding hydrogens is 484 g/mol. The zero-order valence-corrected chi connectivity index (χ0v) is 20.4. The Kier molecular flexibility index (Phi) is 5.53. The molecule has 2 heterocycles. The van der Waals surface area contributed by atoms with Gasteiger partial charge in [-0.15, -0.1) is 0 Å². The lowest BCUT2D eigenvalue weighted by molar-refractivity contribution is 0.0811. The first-order chi connectivity index (χ1) is 15.7. The standard InChI is InChI=1S/C21H23ClN6O3S2/c1-33(30,31)21(11-12-21)19-24-18(32-27-19)17(29)25-20(8-2-9-20)10-7-15-13-23-28(26-15)16-5-3-14(22)4-6-16/h3-6,13H,2,7-12H2,1H3,(H,25,29).